The summed E-state index contributed by atoms with van der Waals surface area (Å²) in [4.78, 5) is 12.8. The third-order valence-electron chi connectivity index (χ3n) is 5.51. The highest BCUT2D eigenvalue weighted by Crippen LogP contribution is 2.48. The molecular weight excluding hydrogens is 272 g/mol. The summed E-state index contributed by atoms with van der Waals surface area (Å²) >= 11 is 0. The number of carbonyl (C=O) groups is 1. The van der Waals surface area contributed by atoms with Crippen LogP contribution >= 0.6 is 0 Å². The fourth-order valence-corrected chi connectivity index (χ4v) is 3.85. The molecule has 0 aliphatic heterocycles. The van der Waals surface area contributed by atoms with E-state index in [1.807, 2.05) is 18.2 Å². The zero-order chi connectivity index (χ0) is 15.4. The standard InChI is InChI=1S/C19H28N2O/c20-14-17(16-9-5-2-6-10-16)21-18(22)19(11-12-19)13-15-7-3-1-4-8-15/h1,3-4,7-8,16-17H,2,5-6,9-14,20H2,(H,21,22). The Morgan fingerprint density at radius 2 is 1.86 bits per heavy atom. The van der Waals surface area contributed by atoms with Crippen LogP contribution in [0.1, 0.15) is 50.5 Å². The van der Waals surface area contributed by atoms with Gasteiger partial charge in [-0.05, 0) is 43.6 Å². The van der Waals surface area contributed by atoms with E-state index in [-0.39, 0.29) is 17.4 Å². The third kappa shape index (κ3) is 3.52. The van der Waals surface area contributed by atoms with Crippen molar-refractivity contribution < 1.29 is 4.79 Å². The van der Waals surface area contributed by atoms with Crippen LogP contribution in [0.25, 0.3) is 0 Å². The molecule has 1 aromatic rings. The number of rotatable bonds is 6. The van der Waals surface area contributed by atoms with Gasteiger partial charge in [0.1, 0.15) is 0 Å². The van der Waals surface area contributed by atoms with Gasteiger partial charge in [0, 0.05) is 12.6 Å². The predicted molar refractivity (Wildman–Crippen MR) is 89.4 cm³/mol. The maximum absolute atomic E-state index is 12.8. The SMILES string of the molecule is NCC(NC(=O)C1(Cc2ccccc2)CC1)C1CCCCC1. The topological polar surface area (TPSA) is 55.1 Å². The van der Waals surface area contributed by atoms with Gasteiger partial charge in [-0.2, -0.15) is 0 Å². The minimum Gasteiger partial charge on any atom is -0.351 e. The van der Waals surface area contributed by atoms with Crippen LogP contribution in [0.5, 0.6) is 0 Å². The summed E-state index contributed by atoms with van der Waals surface area (Å²) < 4.78 is 0. The van der Waals surface area contributed by atoms with Crippen molar-refractivity contribution in [1.29, 1.82) is 0 Å². The van der Waals surface area contributed by atoms with Gasteiger partial charge in [0.15, 0.2) is 0 Å². The number of amides is 1. The second-order valence-corrected chi connectivity index (χ2v) is 7.16. The summed E-state index contributed by atoms with van der Waals surface area (Å²) in [6.45, 7) is 0.567. The third-order valence-corrected chi connectivity index (χ3v) is 5.51. The molecule has 1 unspecified atom stereocenters. The quantitative estimate of drug-likeness (QED) is 0.848. The van der Waals surface area contributed by atoms with Crippen molar-refractivity contribution in [3.63, 3.8) is 0 Å². The van der Waals surface area contributed by atoms with Crippen LogP contribution in [0, 0.1) is 11.3 Å². The Labute approximate surface area is 133 Å². The second kappa shape index (κ2) is 6.82. The molecule has 3 nitrogen and oxygen atoms in total. The maximum Gasteiger partial charge on any atom is 0.226 e. The summed E-state index contributed by atoms with van der Waals surface area (Å²) in [5, 5.41) is 3.30. The van der Waals surface area contributed by atoms with Gasteiger partial charge in [-0.15, -0.1) is 0 Å². The first kappa shape index (κ1) is 15.5. The molecule has 2 aliphatic rings. The van der Waals surface area contributed by atoms with Crippen molar-refractivity contribution in [1.82, 2.24) is 5.32 Å². The molecular formula is C19H28N2O. The van der Waals surface area contributed by atoms with E-state index in [9.17, 15) is 4.79 Å². The Hall–Kier alpha value is -1.35. The fourth-order valence-electron chi connectivity index (χ4n) is 3.85. The van der Waals surface area contributed by atoms with Gasteiger partial charge in [-0.3, -0.25) is 4.79 Å². The highest BCUT2D eigenvalue weighted by molar-refractivity contribution is 5.86. The Morgan fingerprint density at radius 3 is 2.45 bits per heavy atom. The average Bonchev–Trinajstić information content (AvgIpc) is 3.35. The van der Waals surface area contributed by atoms with Crippen LogP contribution < -0.4 is 11.1 Å². The second-order valence-electron chi connectivity index (χ2n) is 7.16. The summed E-state index contributed by atoms with van der Waals surface area (Å²) in [6, 6.07) is 10.5. The van der Waals surface area contributed by atoms with Crippen molar-refractivity contribution in [2.24, 2.45) is 17.1 Å². The summed E-state index contributed by atoms with van der Waals surface area (Å²) in [6.07, 6.45) is 9.22. The first-order valence-corrected chi connectivity index (χ1v) is 8.78. The lowest BCUT2D eigenvalue weighted by Gasteiger charge is -2.31. The average molecular weight is 300 g/mol. The van der Waals surface area contributed by atoms with E-state index >= 15 is 0 Å². The Bertz CT molecular complexity index is 489. The summed E-state index contributed by atoms with van der Waals surface area (Å²) in [7, 11) is 0. The van der Waals surface area contributed by atoms with Gasteiger partial charge in [0.2, 0.25) is 5.91 Å². The molecule has 1 aromatic carbocycles. The zero-order valence-electron chi connectivity index (χ0n) is 13.4. The highest BCUT2D eigenvalue weighted by atomic mass is 16.2. The molecule has 0 radical (unpaired) electrons. The maximum atomic E-state index is 12.8. The lowest BCUT2D eigenvalue weighted by molar-refractivity contribution is -0.127. The zero-order valence-corrected chi connectivity index (χ0v) is 13.4. The van der Waals surface area contributed by atoms with Crippen LogP contribution in [0.4, 0.5) is 0 Å². The van der Waals surface area contributed by atoms with Crippen LogP contribution in [0.15, 0.2) is 30.3 Å². The number of carbonyl (C=O) groups excluding carboxylic acids is 1. The minimum atomic E-state index is -0.163. The van der Waals surface area contributed by atoms with Gasteiger partial charge in [-0.1, -0.05) is 49.6 Å². The van der Waals surface area contributed by atoms with Crippen LogP contribution in [-0.4, -0.2) is 18.5 Å². The van der Waals surface area contributed by atoms with E-state index in [4.69, 9.17) is 5.73 Å². The number of nitrogens with two attached hydrogens (primary N) is 1. The van der Waals surface area contributed by atoms with Crippen LogP contribution in [0.2, 0.25) is 0 Å². The molecule has 2 aliphatic carbocycles. The largest absolute Gasteiger partial charge is 0.351 e. The van der Waals surface area contributed by atoms with E-state index in [0.717, 1.165) is 19.3 Å². The molecule has 0 aromatic heterocycles. The van der Waals surface area contributed by atoms with Crippen molar-refractivity contribution in [2.75, 3.05) is 6.54 Å². The molecule has 1 atom stereocenters. The number of hydrogen-bond acceptors (Lipinski definition) is 2. The number of nitrogens with one attached hydrogen (secondary N) is 1. The fraction of sp³-hybridized carbons (Fsp3) is 0.632. The molecule has 0 spiro atoms. The molecule has 22 heavy (non-hydrogen) atoms. The Morgan fingerprint density at radius 1 is 1.18 bits per heavy atom. The Kier molecular flexibility index (Phi) is 4.82. The molecule has 3 heteroatoms. The van der Waals surface area contributed by atoms with Crippen LogP contribution in [-0.2, 0) is 11.2 Å². The van der Waals surface area contributed by atoms with E-state index in [1.54, 1.807) is 0 Å². The smallest absolute Gasteiger partial charge is 0.226 e. The van der Waals surface area contributed by atoms with Crippen LogP contribution in [0.3, 0.4) is 0 Å². The van der Waals surface area contributed by atoms with E-state index in [2.05, 4.69) is 17.4 Å². The molecule has 0 heterocycles. The molecule has 1 amide bonds. The number of hydrogen-bond donors (Lipinski definition) is 2. The van der Waals surface area contributed by atoms with Crippen molar-refractivity contribution in [2.45, 2.75) is 57.4 Å². The van der Waals surface area contributed by atoms with Gasteiger partial charge in [0.25, 0.3) is 0 Å². The summed E-state index contributed by atoms with van der Waals surface area (Å²) in [5.41, 5.74) is 7.05. The van der Waals surface area contributed by atoms with E-state index < -0.39 is 0 Å². The molecule has 3 N–H and O–H groups in total. The number of benzene rings is 1. The monoisotopic (exact) mass is 300 g/mol. The van der Waals surface area contributed by atoms with Gasteiger partial charge < -0.3 is 11.1 Å². The highest BCUT2D eigenvalue weighted by Gasteiger charge is 2.50. The van der Waals surface area contributed by atoms with Gasteiger partial charge >= 0.3 is 0 Å². The molecule has 2 fully saturated rings. The van der Waals surface area contributed by atoms with Crippen molar-refractivity contribution in [3.8, 4) is 0 Å². The van der Waals surface area contributed by atoms with E-state index in [1.165, 1.54) is 37.7 Å². The first-order chi connectivity index (χ1) is 10.7. The molecule has 2 saturated carbocycles. The molecule has 0 saturated heterocycles. The van der Waals surface area contributed by atoms with Crippen molar-refractivity contribution in [3.05, 3.63) is 35.9 Å². The Balaban J connectivity index is 1.60. The molecule has 3 rings (SSSR count). The van der Waals surface area contributed by atoms with Gasteiger partial charge in [0.05, 0.1) is 5.41 Å². The lowest BCUT2D eigenvalue weighted by Crippen LogP contribution is -2.48. The normalized spacial score (nSPS) is 22.0. The molecule has 120 valence electrons. The summed E-state index contributed by atoms with van der Waals surface area (Å²) in [5.74, 6) is 0.813. The predicted octanol–water partition coefficient (Wildman–Crippen LogP) is 3.03. The first-order valence-electron chi connectivity index (χ1n) is 8.78. The van der Waals surface area contributed by atoms with Crippen molar-refractivity contribution >= 4 is 5.91 Å². The minimum absolute atomic E-state index is 0.163. The van der Waals surface area contributed by atoms with E-state index in [0.29, 0.717) is 12.5 Å². The lowest BCUT2D eigenvalue weighted by atomic mass is 9.83. The molecule has 0 bridgehead atoms. The van der Waals surface area contributed by atoms with Gasteiger partial charge in [-0.25, -0.2) is 0 Å².